The minimum atomic E-state index is -1.48. The SMILES string of the molecule is C[C@H](NC(=O)[C@H](Cc1c[nH]c2ccccc12)NC(=O)[C@@H](N)CCC(=O)O)C(=O)N[C@@H](CCC(=O)O)C(=O)N[C@@H](Cc1cnc[nH]1)C(=O)O. The largest absolute Gasteiger partial charge is 0.481 e. The summed E-state index contributed by atoms with van der Waals surface area (Å²) >= 11 is 0. The number of nitrogens with one attached hydrogen (secondary N) is 6. The van der Waals surface area contributed by atoms with Gasteiger partial charge in [0.1, 0.15) is 24.2 Å². The van der Waals surface area contributed by atoms with Crippen molar-refractivity contribution in [3.05, 3.63) is 54.2 Å². The van der Waals surface area contributed by atoms with E-state index in [9.17, 15) is 43.8 Å². The number of nitrogens with two attached hydrogens (primary N) is 1. The second kappa shape index (κ2) is 17.2. The number of hydrogen-bond acceptors (Lipinski definition) is 9. The van der Waals surface area contributed by atoms with Gasteiger partial charge in [0.15, 0.2) is 0 Å². The van der Waals surface area contributed by atoms with Gasteiger partial charge in [-0.05, 0) is 31.4 Å². The van der Waals surface area contributed by atoms with Crippen molar-refractivity contribution in [3.8, 4) is 0 Å². The van der Waals surface area contributed by atoms with Crippen molar-refractivity contribution in [2.45, 2.75) is 75.7 Å². The zero-order chi connectivity index (χ0) is 35.4. The lowest BCUT2D eigenvalue weighted by Crippen LogP contribution is -2.58. The highest BCUT2D eigenvalue weighted by molar-refractivity contribution is 5.96. The Bertz CT molecular complexity index is 1620. The average molecular weight is 671 g/mol. The summed E-state index contributed by atoms with van der Waals surface area (Å²) in [5.74, 6) is -7.26. The Morgan fingerprint density at radius 3 is 2.04 bits per heavy atom. The van der Waals surface area contributed by atoms with E-state index in [1.807, 2.05) is 12.1 Å². The molecular weight excluding hydrogens is 632 g/mol. The Morgan fingerprint density at radius 2 is 1.40 bits per heavy atom. The van der Waals surface area contributed by atoms with Gasteiger partial charge in [-0.3, -0.25) is 28.8 Å². The van der Waals surface area contributed by atoms with Gasteiger partial charge < -0.3 is 52.3 Å². The number of amides is 4. The zero-order valence-electron chi connectivity index (χ0n) is 25.9. The number of benzene rings is 1. The molecule has 1 aromatic carbocycles. The zero-order valence-corrected chi connectivity index (χ0v) is 25.9. The van der Waals surface area contributed by atoms with E-state index in [0.717, 1.165) is 10.9 Å². The van der Waals surface area contributed by atoms with Crippen LogP contribution in [0.2, 0.25) is 0 Å². The van der Waals surface area contributed by atoms with Gasteiger partial charge in [0, 0.05) is 54.7 Å². The van der Waals surface area contributed by atoms with E-state index >= 15 is 0 Å². The van der Waals surface area contributed by atoms with Crippen LogP contribution in [0, 0.1) is 0 Å². The van der Waals surface area contributed by atoms with Crippen molar-refractivity contribution in [2.24, 2.45) is 5.73 Å². The highest BCUT2D eigenvalue weighted by atomic mass is 16.4. The van der Waals surface area contributed by atoms with Gasteiger partial charge in [-0.25, -0.2) is 9.78 Å². The fourth-order valence-corrected chi connectivity index (χ4v) is 4.72. The molecule has 0 bridgehead atoms. The van der Waals surface area contributed by atoms with Crippen LogP contribution in [-0.4, -0.2) is 102 Å². The predicted octanol–water partition coefficient (Wildman–Crippen LogP) is -1.22. The van der Waals surface area contributed by atoms with Crippen LogP contribution in [0.3, 0.4) is 0 Å². The number of hydrogen-bond donors (Lipinski definition) is 10. The molecule has 0 spiro atoms. The molecule has 18 heteroatoms. The molecule has 5 atom stereocenters. The van der Waals surface area contributed by atoms with Crippen LogP contribution in [0.15, 0.2) is 43.0 Å². The van der Waals surface area contributed by atoms with Crippen LogP contribution in [0.1, 0.15) is 43.9 Å². The molecule has 0 unspecified atom stereocenters. The first kappa shape index (κ1) is 36.7. The molecule has 2 heterocycles. The number of nitrogens with zero attached hydrogens (tertiary/aromatic N) is 1. The molecule has 3 rings (SSSR count). The maximum Gasteiger partial charge on any atom is 0.326 e. The molecule has 2 aromatic heterocycles. The first-order valence-electron chi connectivity index (χ1n) is 14.9. The van der Waals surface area contributed by atoms with E-state index in [1.165, 1.54) is 19.4 Å². The van der Waals surface area contributed by atoms with Crippen LogP contribution in [-0.2, 0) is 46.4 Å². The number of aliphatic carboxylic acids is 3. The number of fused-ring (bicyclic) bond motifs is 1. The van der Waals surface area contributed by atoms with E-state index in [-0.39, 0.29) is 25.7 Å². The number of aromatic nitrogens is 3. The number of rotatable bonds is 19. The lowest BCUT2D eigenvalue weighted by Gasteiger charge is -2.25. The third kappa shape index (κ3) is 10.9. The summed E-state index contributed by atoms with van der Waals surface area (Å²) in [4.78, 5) is 96.1. The first-order valence-corrected chi connectivity index (χ1v) is 14.9. The van der Waals surface area contributed by atoms with Crippen LogP contribution in [0.25, 0.3) is 10.9 Å². The molecule has 0 saturated heterocycles. The summed E-state index contributed by atoms with van der Waals surface area (Å²) in [6, 6.07) is 0.466. The number of carbonyl (C=O) groups is 7. The number of carboxylic acids is 3. The highest BCUT2D eigenvalue weighted by Crippen LogP contribution is 2.19. The third-order valence-corrected chi connectivity index (χ3v) is 7.36. The van der Waals surface area contributed by atoms with E-state index in [1.54, 1.807) is 18.3 Å². The summed E-state index contributed by atoms with van der Waals surface area (Å²) in [5, 5.41) is 38.1. The quantitative estimate of drug-likeness (QED) is 0.0718. The molecule has 0 aliphatic rings. The lowest BCUT2D eigenvalue weighted by molar-refractivity contribution is -0.143. The molecule has 48 heavy (non-hydrogen) atoms. The summed E-state index contributed by atoms with van der Waals surface area (Å²) in [6.45, 7) is 1.29. The normalized spacial score (nSPS) is 14.1. The van der Waals surface area contributed by atoms with Crippen LogP contribution < -0.4 is 27.0 Å². The predicted molar refractivity (Wildman–Crippen MR) is 167 cm³/mol. The van der Waals surface area contributed by atoms with Crippen molar-refractivity contribution in [3.63, 3.8) is 0 Å². The molecule has 0 fully saturated rings. The average Bonchev–Trinajstić information content (AvgIpc) is 3.70. The van der Waals surface area contributed by atoms with Gasteiger partial charge in [0.25, 0.3) is 0 Å². The topological polar surface area (TPSA) is 299 Å². The molecule has 258 valence electrons. The van der Waals surface area contributed by atoms with Crippen LogP contribution >= 0.6 is 0 Å². The second-order valence-corrected chi connectivity index (χ2v) is 11.1. The Labute approximate surface area is 273 Å². The third-order valence-electron chi connectivity index (χ3n) is 7.36. The van der Waals surface area contributed by atoms with E-state index < -0.39 is 84.6 Å². The molecule has 11 N–H and O–H groups in total. The van der Waals surface area contributed by atoms with E-state index in [2.05, 4.69) is 36.2 Å². The van der Waals surface area contributed by atoms with Gasteiger partial charge in [0.2, 0.25) is 23.6 Å². The van der Waals surface area contributed by atoms with E-state index in [0.29, 0.717) is 11.3 Å². The maximum atomic E-state index is 13.5. The van der Waals surface area contributed by atoms with Crippen molar-refractivity contribution in [1.29, 1.82) is 0 Å². The summed E-state index contributed by atoms with van der Waals surface area (Å²) in [7, 11) is 0. The number of para-hydroxylation sites is 1. The standard InChI is InChI=1S/C30H38N8O10/c1-15(26(43)36-21(7-9-25(41)42)28(45)38-23(30(47)48)11-17-13-32-14-34-17)35-29(46)22(37-27(44)19(31)6-8-24(39)40)10-16-12-33-20-5-3-2-4-18(16)20/h2-5,12-15,19,21-23,33H,6-11,31H2,1H3,(H,32,34)(H,35,46)(H,36,43)(H,37,44)(H,38,45)(H,39,40)(H,41,42)(H,47,48)/t15-,19-,21-,22-,23-/m0/s1. The van der Waals surface area contributed by atoms with Crippen molar-refractivity contribution < 1.29 is 48.9 Å². The summed E-state index contributed by atoms with van der Waals surface area (Å²) in [5.41, 5.74) is 7.67. The van der Waals surface area contributed by atoms with E-state index in [4.69, 9.17) is 10.8 Å². The van der Waals surface area contributed by atoms with Crippen molar-refractivity contribution in [2.75, 3.05) is 0 Å². The van der Waals surface area contributed by atoms with Crippen LogP contribution in [0.5, 0.6) is 0 Å². The number of carbonyl (C=O) groups excluding carboxylic acids is 4. The fraction of sp³-hybridized carbons (Fsp3) is 0.400. The fourth-order valence-electron chi connectivity index (χ4n) is 4.72. The Kier molecular flexibility index (Phi) is 13.2. The molecule has 3 aromatic rings. The molecule has 0 aliphatic carbocycles. The van der Waals surface area contributed by atoms with Gasteiger partial charge in [-0.1, -0.05) is 18.2 Å². The smallest absolute Gasteiger partial charge is 0.326 e. The van der Waals surface area contributed by atoms with Crippen molar-refractivity contribution in [1.82, 2.24) is 36.2 Å². The lowest BCUT2D eigenvalue weighted by atomic mass is 10.0. The Balaban J connectivity index is 1.73. The molecular formula is C30H38N8O10. The van der Waals surface area contributed by atoms with Crippen molar-refractivity contribution >= 4 is 52.4 Å². The second-order valence-electron chi connectivity index (χ2n) is 11.1. The first-order chi connectivity index (χ1) is 22.7. The van der Waals surface area contributed by atoms with Gasteiger partial charge in [-0.2, -0.15) is 0 Å². The number of H-pyrrole nitrogens is 2. The highest BCUT2D eigenvalue weighted by Gasteiger charge is 2.31. The molecule has 0 radical (unpaired) electrons. The molecule has 4 amide bonds. The number of imidazole rings is 1. The number of carboxylic acid groups (broad SMARTS) is 3. The van der Waals surface area contributed by atoms with Gasteiger partial charge >= 0.3 is 17.9 Å². The molecule has 0 saturated carbocycles. The summed E-state index contributed by atoms with van der Waals surface area (Å²) < 4.78 is 0. The molecule has 18 nitrogen and oxygen atoms in total. The van der Waals surface area contributed by atoms with Gasteiger partial charge in [-0.15, -0.1) is 0 Å². The Hall–Kier alpha value is -5.78. The van der Waals surface area contributed by atoms with Gasteiger partial charge in [0.05, 0.1) is 12.4 Å². The minimum absolute atomic E-state index is 0.0435. The van der Waals surface area contributed by atoms with Crippen LogP contribution in [0.4, 0.5) is 0 Å². The maximum absolute atomic E-state index is 13.5. The minimum Gasteiger partial charge on any atom is -0.481 e. The Morgan fingerprint density at radius 1 is 0.771 bits per heavy atom. The summed E-state index contributed by atoms with van der Waals surface area (Å²) in [6.07, 6.45) is 2.63. The molecule has 0 aliphatic heterocycles. The monoisotopic (exact) mass is 670 g/mol. The number of aromatic amines is 2.